The molecule has 0 spiro atoms. The van der Waals surface area contributed by atoms with E-state index in [4.69, 9.17) is 9.47 Å². The zero-order valence-electron chi connectivity index (χ0n) is 17.2. The minimum Gasteiger partial charge on any atom is -0.497 e. The number of nitrogens with zero attached hydrogens (tertiary/aromatic N) is 3. The van der Waals surface area contributed by atoms with Crippen molar-refractivity contribution in [2.45, 2.75) is 13.5 Å². The van der Waals surface area contributed by atoms with E-state index < -0.39 is 11.9 Å². The first-order valence-electron chi connectivity index (χ1n) is 9.49. The van der Waals surface area contributed by atoms with Crippen LogP contribution in [0.5, 0.6) is 5.75 Å². The molecule has 0 aliphatic rings. The quantitative estimate of drug-likeness (QED) is 0.397. The summed E-state index contributed by atoms with van der Waals surface area (Å²) < 4.78 is 10.4. The number of esters is 1. The van der Waals surface area contributed by atoms with Crippen LogP contribution in [0, 0.1) is 6.92 Å². The lowest BCUT2D eigenvalue weighted by atomic mass is 10.2. The van der Waals surface area contributed by atoms with Crippen molar-refractivity contribution in [3.05, 3.63) is 75.2 Å². The molecule has 4 aromatic rings. The number of carbonyl (C=O) groups excluding carboxylic acids is 2. The van der Waals surface area contributed by atoms with Gasteiger partial charge in [0.25, 0.3) is 5.91 Å². The minimum absolute atomic E-state index is 0.0935. The van der Waals surface area contributed by atoms with E-state index in [1.165, 1.54) is 11.3 Å². The Labute approximate surface area is 191 Å². The Morgan fingerprint density at radius 3 is 2.50 bits per heavy atom. The number of benzene rings is 2. The van der Waals surface area contributed by atoms with Gasteiger partial charge < -0.3 is 14.8 Å². The number of rotatable bonds is 7. The monoisotopic (exact) mass is 466 g/mol. The van der Waals surface area contributed by atoms with Crippen LogP contribution in [-0.2, 0) is 11.3 Å². The number of amides is 1. The summed E-state index contributed by atoms with van der Waals surface area (Å²) in [6.45, 7) is 1.92. The van der Waals surface area contributed by atoms with Crippen LogP contribution >= 0.6 is 22.7 Å². The Morgan fingerprint density at radius 2 is 1.78 bits per heavy atom. The van der Waals surface area contributed by atoms with E-state index in [1.54, 1.807) is 36.8 Å². The van der Waals surface area contributed by atoms with Crippen molar-refractivity contribution in [3.8, 4) is 16.3 Å². The standard InChI is InChI=1S/C22H18N4O4S2/c1-13-3-5-14(6-4-13)20-24-17(12-31-20)22(28)30-11-18-25-26-21(32-18)19(27)23-15-7-9-16(29-2)10-8-15/h3-10,12H,11H2,1-2H3,(H,23,27). The molecule has 1 N–H and O–H groups in total. The average Bonchev–Trinajstić information content (AvgIpc) is 3.49. The molecule has 32 heavy (non-hydrogen) atoms. The van der Waals surface area contributed by atoms with E-state index in [9.17, 15) is 9.59 Å². The Hall–Kier alpha value is -3.63. The predicted molar refractivity (Wildman–Crippen MR) is 122 cm³/mol. The van der Waals surface area contributed by atoms with Crippen LogP contribution < -0.4 is 10.1 Å². The van der Waals surface area contributed by atoms with Crippen LogP contribution in [-0.4, -0.2) is 34.2 Å². The Morgan fingerprint density at radius 1 is 1.03 bits per heavy atom. The predicted octanol–water partition coefficient (Wildman–Crippen LogP) is 4.59. The summed E-state index contributed by atoms with van der Waals surface area (Å²) in [7, 11) is 1.57. The molecule has 0 aliphatic heterocycles. The maximum atomic E-state index is 12.3. The van der Waals surface area contributed by atoms with E-state index in [1.807, 2.05) is 31.2 Å². The van der Waals surface area contributed by atoms with Gasteiger partial charge in [0.2, 0.25) is 5.01 Å². The fourth-order valence-electron chi connectivity index (χ4n) is 2.66. The molecule has 2 aromatic heterocycles. The summed E-state index contributed by atoms with van der Waals surface area (Å²) in [5.41, 5.74) is 2.93. The van der Waals surface area contributed by atoms with Gasteiger partial charge in [-0.3, -0.25) is 4.79 Å². The SMILES string of the molecule is COc1ccc(NC(=O)c2nnc(COC(=O)c3csc(-c4ccc(C)cc4)n3)s2)cc1. The highest BCUT2D eigenvalue weighted by atomic mass is 32.1. The van der Waals surface area contributed by atoms with Crippen LogP contribution in [0.2, 0.25) is 0 Å². The zero-order chi connectivity index (χ0) is 22.5. The molecule has 0 unspecified atom stereocenters. The summed E-state index contributed by atoms with van der Waals surface area (Å²) in [6, 6.07) is 14.8. The van der Waals surface area contributed by atoms with Crippen LogP contribution in [0.3, 0.4) is 0 Å². The number of aromatic nitrogens is 3. The fraction of sp³-hybridized carbons (Fsp3) is 0.136. The normalized spacial score (nSPS) is 10.6. The molecule has 0 bridgehead atoms. The Bertz CT molecular complexity index is 1230. The number of hydrogen-bond acceptors (Lipinski definition) is 9. The minimum atomic E-state index is -0.556. The zero-order valence-corrected chi connectivity index (χ0v) is 18.8. The number of methoxy groups -OCH3 is 1. The van der Waals surface area contributed by atoms with Crippen LogP contribution in [0.25, 0.3) is 10.6 Å². The number of hydrogen-bond donors (Lipinski definition) is 1. The van der Waals surface area contributed by atoms with E-state index in [-0.39, 0.29) is 17.3 Å². The van der Waals surface area contributed by atoms with Crippen molar-refractivity contribution in [2.75, 3.05) is 12.4 Å². The maximum absolute atomic E-state index is 12.3. The number of nitrogens with one attached hydrogen (secondary N) is 1. The van der Waals surface area contributed by atoms with Gasteiger partial charge in [-0.25, -0.2) is 9.78 Å². The van der Waals surface area contributed by atoms with Gasteiger partial charge in [0.05, 0.1) is 7.11 Å². The second-order valence-corrected chi connectivity index (χ2v) is 8.58. The highest BCUT2D eigenvalue weighted by molar-refractivity contribution is 7.13. The topological polar surface area (TPSA) is 103 Å². The van der Waals surface area contributed by atoms with Crippen molar-refractivity contribution in [2.24, 2.45) is 0 Å². The lowest BCUT2D eigenvalue weighted by Gasteiger charge is -2.04. The van der Waals surface area contributed by atoms with Gasteiger partial charge in [-0.1, -0.05) is 41.2 Å². The van der Waals surface area contributed by atoms with Crippen molar-refractivity contribution in [1.29, 1.82) is 0 Å². The molecule has 0 saturated heterocycles. The molecule has 0 fully saturated rings. The summed E-state index contributed by atoms with van der Waals surface area (Å²) >= 11 is 2.43. The molecule has 2 heterocycles. The summed E-state index contributed by atoms with van der Waals surface area (Å²) in [5, 5.41) is 13.5. The molecule has 1 amide bonds. The van der Waals surface area contributed by atoms with E-state index in [0.29, 0.717) is 16.4 Å². The van der Waals surface area contributed by atoms with Crippen molar-refractivity contribution in [3.63, 3.8) is 0 Å². The summed E-state index contributed by atoms with van der Waals surface area (Å²) in [4.78, 5) is 29.0. The van der Waals surface area contributed by atoms with Crippen LogP contribution in [0.4, 0.5) is 5.69 Å². The van der Waals surface area contributed by atoms with Gasteiger partial charge in [-0.2, -0.15) is 0 Å². The van der Waals surface area contributed by atoms with Gasteiger partial charge in [0.1, 0.15) is 17.4 Å². The largest absolute Gasteiger partial charge is 0.497 e. The first-order valence-corrected chi connectivity index (χ1v) is 11.2. The van der Waals surface area contributed by atoms with Gasteiger partial charge in [-0.05, 0) is 31.2 Å². The third-order valence-electron chi connectivity index (χ3n) is 4.35. The lowest BCUT2D eigenvalue weighted by Crippen LogP contribution is -2.11. The van der Waals surface area contributed by atoms with Crippen molar-refractivity contribution >= 4 is 40.2 Å². The molecule has 8 nitrogen and oxygen atoms in total. The third-order valence-corrected chi connectivity index (χ3v) is 6.13. The summed E-state index contributed by atoms with van der Waals surface area (Å²) in [5.74, 6) is -0.263. The van der Waals surface area contributed by atoms with Crippen LogP contribution in [0.15, 0.2) is 53.9 Å². The lowest BCUT2D eigenvalue weighted by molar-refractivity contribution is 0.0465. The number of ether oxygens (including phenoxy) is 2. The summed E-state index contributed by atoms with van der Waals surface area (Å²) in [6.07, 6.45) is 0. The van der Waals surface area contributed by atoms with Crippen molar-refractivity contribution < 1.29 is 19.1 Å². The molecule has 0 radical (unpaired) electrons. The highest BCUT2D eigenvalue weighted by Crippen LogP contribution is 2.24. The maximum Gasteiger partial charge on any atom is 0.358 e. The third kappa shape index (κ3) is 5.16. The van der Waals surface area contributed by atoms with E-state index >= 15 is 0 Å². The number of carbonyl (C=O) groups is 2. The Kier molecular flexibility index (Phi) is 6.52. The molecule has 10 heteroatoms. The molecule has 0 saturated carbocycles. The molecule has 0 aliphatic carbocycles. The molecular formula is C22H18N4O4S2. The van der Waals surface area contributed by atoms with Gasteiger partial charge in [0.15, 0.2) is 10.7 Å². The number of anilines is 1. The fourth-order valence-corrected chi connectivity index (χ4v) is 4.10. The molecule has 162 valence electrons. The van der Waals surface area contributed by atoms with Crippen molar-refractivity contribution in [1.82, 2.24) is 15.2 Å². The highest BCUT2D eigenvalue weighted by Gasteiger charge is 2.17. The van der Waals surface area contributed by atoms with Gasteiger partial charge in [0, 0.05) is 16.6 Å². The number of thiazole rings is 1. The second-order valence-electron chi connectivity index (χ2n) is 6.66. The Balaban J connectivity index is 1.33. The first kappa shape index (κ1) is 21.6. The van der Waals surface area contributed by atoms with E-state index in [0.717, 1.165) is 27.5 Å². The molecule has 0 atom stereocenters. The molecular weight excluding hydrogens is 448 g/mol. The van der Waals surface area contributed by atoms with Gasteiger partial charge >= 0.3 is 5.97 Å². The van der Waals surface area contributed by atoms with E-state index in [2.05, 4.69) is 20.5 Å². The van der Waals surface area contributed by atoms with Crippen LogP contribution in [0.1, 0.15) is 30.9 Å². The molecule has 4 rings (SSSR count). The average molecular weight is 467 g/mol. The molecule has 2 aromatic carbocycles. The smallest absolute Gasteiger partial charge is 0.358 e. The van der Waals surface area contributed by atoms with Gasteiger partial charge in [-0.15, -0.1) is 21.5 Å². The number of aryl methyl sites for hydroxylation is 1. The second kappa shape index (κ2) is 9.67. The first-order chi connectivity index (χ1) is 15.5.